The van der Waals surface area contributed by atoms with Crippen molar-refractivity contribution in [3.05, 3.63) is 37.4 Å². The molecule has 0 unspecified atom stereocenters. The fraction of sp³-hybridized carbons (Fsp3) is 0.333. The zero-order valence-corrected chi connectivity index (χ0v) is 14.3. The number of halogens is 1. The van der Waals surface area contributed by atoms with Crippen LogP contribution in [-0.4, -0.2) is 11.8 Å². The molecule has 2 amide bonds. The van der Waals surface area contributed by atoms with Crippen molar-refractivity contribution in [2.75, 3.05) is 5.32 Å². The summed E-state index contributed by atoms with van der Waals surface area (Å²) in [7, 11) is 0. The van der Waals surface area contributed by atoms with Crippen molar-refractivity contribution in [2.24, 2.45) is 11.7 Å². The van der Waals surface area contributed by atoms with Gasteiger partial charge in [-0.3, -0.25) is 9.59 Å². The minimum absolute atomic E-state index is 0.258. The largest absolute Gasteiger partial charge is 0.365 e. The normalized spacial score (nSPS) is 17.1. The van der Waals surface area contributed by atoms with Gasteiger partial charge in [0.05, 0.1) is 14.8 Å². The number of amides is 2. The lowest BCUT2D eigenvalue weighted by atomic mass is 9.88. The summed E-state index contributed by atoms with van der Waals surface area (Å²) >= 11 is 8.52. The van der Waals surface area contributed by atoms with E-state index in [1.807, 2.05) is 0 Å². The van der Waals surface area contributed by atoms with Crippen molar-refractivity contribution in [2.45, 2.75) is 26.2 Å². The third kappa shape index (κ3) is 2.91. The number of nitrogens with two attached hydrogens (primary N) is 1. The molecule has 3 rings (SSSR count). The van der Waals surface area contributed by atoms with Gasteiger partial charge < -0.3 is 11.1 Å². The van der Waals surface area contributed by atoms with Gasteiger partial charge in [-0.2, -0.15) is 0 Å². The maximum Gasteiger partial charge on any atom is 0.266 e. The summed E-state index contributed by atoms with van der Waals surface area (Å²) in [5, 5.41) is 3.38. The molecule has 0 spiro atoms. The van der Waals surface area contributed by atoms with Crippen molar-refractivity contribution in [1.82, 2.24) is 0 Å². The number of thiophene rings is 2. The van der Waals surface area contributed by atoms with Crippen molar-refractivity contribution >= 4 is 51.1 Å². The summed E-state index contributed by atoms with van der Waals surface area (Å²) in [5.74, 6) is -0.149. The van der Waals surface area contributed by atoms with Gasteiger partial charge in [-0.25, -0.2) is 0 Å². The van der Waals surface area contributed by atoms with Gasteiger partial charge in [-0.05, 0) is 42.9 Å². The molecule has 0 saturated heterocycles. The Hall–Kier alpha value is -1.37. The molecule has 1 aliphatic carbocycles. The highest BCUT2D eigenvalue weighted by Gasteiger charge is 2.27. The van der Waals surface area contributed by atoms with Crippen LogP contribution in [0.25, 0.3) is 0 Å². The van der Waals surface area contributed by atoms with Crippen LogP contribution in [0.2, 0.25) is 4.34 Å². The zero-order chi connectivity index (χ0) is 15.9. The Bertz CT molecular complexity index is 751. The molecular formula is C15H15ClN2O2S2. The van der Waals surface area contributed by atoms with Gasteiger partial charge in [0.2, 0.25) is 0 Å². The van der Waals surface area contributed by atoms with Crippen LogP contribution in [-0.2, 0) is 12.8 Å². The highest BCUT2D eigenvalue weighted by Crippen LogP contribution is 2.39. The molecule has 0 aliphatic heterocycles. The van der Waals surface area contributed by atoms with Crippen molar-refractivity contribution in [3.63, 3.8) is 0 Å². The van der Waals surface area contributed by atoms with Crippen molar-refractivity contribution in [3.8, 4) is 0 Å². The van der Waals surface area contributed by atoms with E-state index in [1.165, 1.54) is 22.7 Å². The molecule has 3 N–H and O–H groups in total. The summed E-state index contributed by atoms with van der Waals surface area (Å²) in [4.78, 5) is 25.8. The highest BCUT2D eigenvalue weighted by atomic mass is 35.5. The van der Waals surface area contributed by atoms with Crippen LogP contribution in [0.3, 0.4) is 0 Å². The molecular weight excluding hydrogens is 340 g/mol. The highest BCUT2D eigenvalue weighted by molar-refractivity contribution is 7.18. The second-order valence-electron chi connectivity index (χ2n) is 5.48. The van der Waals surface area contributed by atoms with Gasteiger partial charge in [0.15, 0.2) is 0 Å². The molecule has 2 heterocycles. The second-order valence-corrected chi connectivity index (χ2v) is 8.30. The van der Waals surface area contributed by atoms with E-state index in [-0.39, 0.29) is 5.91 Å². The van der Waals surface area contributed by atoms with Crippen LogP contribution in [0.5, 0.6) is 0 Å². The molecule has 0 bridgehead atoms. The summed E-state index contributed by atoms with van der Waals surface area (Å²) in [6, 6.07) is 3.35. The van der Waals surface area contributed by atoms with Gasteiger partial charge in [0.25, 0.3) is 11.8 Å². The number of hydrogen-bond acceptors (Lipinski definition) is 4. The molecule has 0 radical (unpaired) electrons. The van der Waals surface area contributed by atoms with Crippen LogP contribution < -0.4 is 11.1 Å². The summed E-state index contributed by atoms with van der Waals surface area (Å²) in [5.41, 5.74) is 7.02. The molecule has 0 aromatic carbocycles. The smallest absolute Gasteiger partial charge is 0.266 e. The van der Waals surface area contributed by atoms with E-state index >= 15 is 0 Å². The topological polar surface area (TPSA) is 72.2 Å². The molecule has 2 aromatic rings. The van der Waals surface area contributed by atoms with Gasteiger partial charge in [-0.15, -0.1) is 22.7 Å². The molecule has 7 heteroatoms. The Morgan fingerprint density at radius 2 is 2.14 bits per heavy atom. The molecule has 0 saturated carbocycles. The predicted molar refractivity (Wildman–Crippen MR) is 91.3 cm³/mol. The first-order valence-corrected chi connectivity index (χ1v) is 8.97. The minimum Gasteiger partial charge on any atom is -0.365 e. The fourth-order valence-corrected chi connectivity index (χ4v) is 5.05. The third-order valence-corrected chi connectivity index (χ3v) is 6.18. The quantitative estimate of drug-likeness (QED) is 0.876. The minimum atomic E-state index is -0.480. The average molecular weight is 355 g/mol. The first-order valence-electron chi connectivity index (χ1n) is 6.96. The lowest BCUT2D eigenvalue weighted by molar-refractivity contribution is 0.1000. The lowest BCUT2D eigenvalue weighted by Crippen LogP contribution is -2.19. The second kappa shape index (κ2) is 6.02. The Morgan fingerprint density at radius 1 is 1.36 bits per heavy atom. The number of fused-ring (bicyclic) bond motifs is 1. The monoisotopic (exact) mass is 354 g/mol. The average Bonchev–Trinajstić information content (AvgIpc) is 3.01. The van der Waals surface area contributed by atoms with Crippen LogP contribution in [0.4, 0.5) is 5.00 Å². The Kier molecular flexibility index (Phi) is 4.25. The summed E-state index contributed by atoms with van der Waals surface area (Å²) < 4.78 is 0.555. The Morgan fingerprint density at radius 3 is 2.77 bits per heavy atom. The first-order chi connectivity index (χ1) is 10.5. The van der Waals surface area contributed by atoms with Gasteiger partial charge >= 0.3 is 0 Å². The number of primary amides is 1. The van der Waals surface area contributed by atoms with E-state index in [9.17, 15) is 9.59 Å². The SMILES string of the molecule is C[C@@H]1CCc2c(sc(NC(=O)c3ccc(Cl)s3)c2C(N)=O)C1. The van der Waals surface area contributed by atoms with Crippen LogP contribution >= 0.6 is 34.3 Å². The maximum atomic E-state index is 12.3. The first kappa shape index (κ1) is 15.5. The lowest BCUT2D eigenvalue weighted by Gasteiger charge is -2.18. The summed E-state index contributed by atoms with van der Waals surface area (Å²) in [6.07, 6.45) is 2.81. The number of hydrogen-bond donors (Lipinski definition) is 2. The Balaban J connectivity index is 1.93. The Labute approximate surface area is 141 Å². The fourth-order valence-electron chi connectivity index (χ4n) is 2.70. The number of carbonyl (C=O) groups is 2. The molecule has 2 aromatic heterocycles. The number of rotatable bonds is 3. The van der Waals surface area contributed by atoms with E-state index in [0.717, 1.165) is 29.7 Å². The van der Waals surface area contributed by atoms with E-state index in [2.05, 4.69) is 12.2 Å². The van der Waals surface area contributed by atoms with Crippen LogP contribution in [0.15, 0.2) is 12.1 Å². The standard InChI is InChI=1S/C15H15ClN2O2S2/c1-7-2-3-8-10(6-7)22-15(12(8)13(17)19)18-14(20)9-4-5-11(16)21-9/h4-5,7H,2-3,6H2,1H3,(H2,17,19)(H,18,20)/t7-/m1/s1. The van der Waals surface area contributed by atoms with Gasteiger partial charge in [-0.1, -0.05) is 18.5 Å². The zero-order valence-electron chi connectivity index (χ0n) is 11.9. The molecule has 1 atom stereocenters. The third-order valence-electron chi connectivity index (χ3n) is 3.78. The van der Waals surface area contributed by atoms with Crippen molar-refractivity contribution in [1.29, 1.82) is 0 Å². The van der Waals surface area contributed by atoms with E-state index in [4.69, 9.17) is 17.3 Å². The molecule has 22 heavy (non-hydrogen) atoms. The number of carbonyl (C=O) groups excluding carboxylic acids is 2. The van der Waals surface area contributed by atoms with Crippen LogP contribution in [0.1, 0.15) is 43.8 Å². The van der Waals surface area contributed by atoms with E-state index in [0.29, 0.717) is 25.7 Å². The van der Waals surface area contributed by atoms with Gasteiger partial charge in [0.1, 0.15) is 5.00 Å². The van der Waals surface area contributed by atoms with Gasteiger partial charge in [0, 0.05) is 4.88 Å². The van der Waals surface area contributed by atoms with Crippen LogP contribution in [0, 0.1) is 5.92 Å². The molecule has 4 nitrogen and oxygen atoms in total. The molecule has 0 fully saturated rings. The number of anilines is 1. The summed E-state index contributed by atoms with van der Waals surface area (Å²) in [6.45, 7) is 2.19. The molecule has 1 aliphatic rings. The van der Waals surface area contributed by atoms with E-state index in [1.54, 1.807) is 12.1 Å². The predicted octanol–water partition coefficient (Wildman–Crippen LogP) is 3.94. The van der Waals surface area contributed by atoms with E-state index < -0.39 is 5.91 Å². The maximum absolute atomic E-state index is 12.3. The van der Waals surface area contributed by atoms with Crippen molar-refractivity contribution < 1.29 is 9.59 Å². The molecule has 116 valence electrons. The number of nitrogens with one attached hydrogen (secondary N) is 1.